The first kappa shape index (κ1) is 72.9. The second kappa shape index (κ2) is 58.1. The molecule has 2 N–H and O–H groups in total. The molecule has 440 valence electrons. The fourth-order valence-electron chi connectivity index (χ4n) is 8.45. The van der Waals surface area contributed by atoms with E-state index < -0.39 is 57.8 Å². The molecule has 0 rings (SSSR count). The van der Waals surface area contributed by atoms with Crippen LogP contribution in [0, 0.1) is 0 Å². The van der Waals surface area contributed by atoms with E-state index in [2.05, 4.69) is 87.6 Å². The summed E-state index contributed by atoms with van der Waals surface area (Å²) in [5, 5.41) is 9.82. The van der Waals surface area contributed by atoms with Crippen LogP contribution in [0.1, 0.15) is 278 Å². The Labute approximate surface area is 465 Å². The van der Waals surface area contributed by atoms with Crippen molar-refractivity contribution in [1.29, 1.82) is 0 Å². The summed E-state index contributed by atoms with van der Waals surface area (Å²) in [7, 11) is -4.76. The standard InChI is InChI=1S/C64H113O11P/c1-4-7-10-13-16-19-22-25-27-29-30-32-34-37-40-43-46-49-52-55-64(68)75-61(57-71-62(66)53-50-47-44-41-38-36-33-31-28-26-23-20-17-14-11-8-5-2)59-73-76(69,70)72-58-60(56-65)74-63(67)54-51-48-45-42-39-35-24-21-18-15-12-9-6-3/h8,11,17,20,25-28,33,36,41,44,60-61,65H,4-7,9-10,12-16,18-19,21-24,29-32,34-35,37-40,42-43,45-59H2,1-3H3,(H,69,70)/b11-8-,20-17-,27-25-,28-26-,36-33-,44-41-. The van der Waals surface area contributed by atoms with Crippen LogP contribution in [0.3, 0.4) is 0 Å². The number of allylic oxidation sites excluding steroid dienone is 12. The van der Waals surface area contributed by atoms with Crippen molar-refractivity contribution in [2.75, 3.05) is 26.4 Å². The van der Waals surface area contributed by atoms with Crippen molar-refractivity contribution in [3.63, 3.8) is 0 Å². The number of carbonyl (C=O) groups is 3. The van der Waals surface area contributed by atoms with Crippen molar-refractivity contribution in [3.05, 3.63) is 72.9 Å². The van der Waals surface area contributed by atoms with E-state index in [1.54, 1.807) is 0 Å². The number of aliphatic hydroxyl groups is 1. The topological polar surface area (TPSA) is 155 Å². The van der Waals surface area contributed by atoms with Gasteiger partial charge < -0.3 is 24.2 Å². The highest BCUT2D eigenvalue weighted by Crippen LogP contribution is 2.43. The van der Waals surface area contributed by atoms with Gasteiger partial charge in [-0.3, -0.25) is 23.4 Å². The van der Waals surface area contributed by atoms with Crippen molar-refractivity contribution in [2.24, 2.45) is 0 Å². The van der Waals surface area contributed by atoms with Gasteiger partial charge in [-0.15, -0.1) is 0 Å². The van der Waals surface area contributed by atoms with Crippen LogP contribution in [-0.2, 0) is 42.2 Å². The summed E-state index contributed by atoms with van der Waals surface area (Å²) >= 11 is 0. The smallest absolute Gasteiger partial charge is 0.462 e. The Morgan fingerprint density at radius 1 is 0.382 bits per heavy atom. The van der Waals surface area contributed by atoms with Crippen molar-refractivity contribution >= 4 is 25.7 Å². The predicted molar refractivity (Wildman–Crippen MR) is 316 cm³/mol. The molecular weight excluding hydrogens is 976 g/mol. The minimum atomic E-state index is -4.76. The first-order valence-corrected chi connectivity index (χ1v) is 32.3. The van der Waals surface area contributed by atoms with Crippen LogP contribution < -0.4 is 0 Å². The van der Waals surface area contributed by atoms with Crippen LogP contribution in [0.2, 0.25) is 0 Å². The van der Waals surface area contributed by atoms with Gasteiger partial charge in [0.1, 0.15) is 12.7 Å². The van der Waals surface area contributed by atoms with E-state index in [-0.39, 0.29) is 25.9 Å². The average Bonchev–Trinajstić information content (AvgIpc) is 3.41. The molecule has 0 fully saturated rings. The third-order valence-corrected chi connectivity index (χ3v) is 14.1. The maximum atomic E-state index is 12.9. The Bertz CT molecular complexity index is 1550. The zero-order chi connectivity index (χ0) is 55.5. The van der Waals surface area contributed by atoms with Crippen LogP contribution in [0.15, 0.2) is 72.9 Å². The second-order valence-corrected chi connectivity index (χ2v) is 21.9. The van der Waals surface area contributed by atoms with E-state index in [1.165, 1.54) is 141 Å². The molecule has 12 heteroatoms. The fraction of sp³-hybridized carbons (Fsp3) is 0.766. The number of ether oxygens (including phenoxy) is 3. The molecule has 11 nitrogen and oxygen atoms in total. The minimum absolute atomic E-state index is 0.148. The summed E-state index contributed by atoms with van der Waals surface area (Å²) in [6, 6.07) is 0. The number of esters is 3. The molecule has 0 radical (unpaired) electrons. The molecule has 0 aromatic rings. The molecule has 0 aromatic carbocycles. The van der Waals surface area contributed by atoms with Gasteiger partial charge in [0.2, 0.25) is 0 Å². The molecule has 0 aromatic heterocycles. The van der Waals surface area contributed by atoms with Gasteiger partial charge in [0, 0.05) is 19.3 Å². The van der Waals surface area contributed by atoms with Crippen LogP contribution in [-0.4, -0.2) is 66.5 Å². The number of hydrogen-bond donors (Lipinski definition) is 2. The van der Waals surface area contributed by atoms with Gasteiger partial charge in [-0.25, -0.2) is 4.57 Å². The van der Waals surface area contributed by atoms with E-state index >= 15 is 0 Å². The monoisotopic (exact) mass is 1090 g/mol. The molecule has 0 saturated heterocycles. The Morgan fingerprint density at radius 3 is 1.11 bits per heavy atom. The second-order valence-electron chi connectivity index (χ2n) is 20.5. The zero-order valence-corrected chi connectivity index (χ0v) is 49.6. The van der Waals surface area contributed by atoms with Gasteiger partial charge in [-0.05, 0) is 83.5 Å². The summed E-state index contributed by atoms with van der Waals surface area (Å²) in [5.74, 6) is -1.53. The maximum absolute atomic E-state index is 12.9. The maximum Gasteiger partial charge on any atom is 0.472 e. The van der Waals surface area contributed by atoms with Crippen LogP contribution in [0.5, 0.6) is 0 Å². The van der Waals surface area contributed by atoms with Gasteiger partial charge in [-0.2, -0.15) is 0 Å². The van der Waals surface area contributed by atoms with Gasteiger partial charge in [0.15, 0.2) is 6.10 Å². The lowest BCUT2D eigenvalue weighted by Crippen LogP contribution is -2.30. The molecule has 0 spiro atoms. The number of phosphoric ester groups is 1. The highest BCUT2D eigenvalue weighted by molar-refractivity contribution is 7.47. The fourth-order valence-corrected chi connectivity index (χ4v) is 9.23. The molecule has 0 heterocycles. The molecule has 3 unspecified atom stereocenters. The lowest BCUT2D eigenvalue weighted by Gasteiger charge is -2.21. The Hall–Kier alpha value is -3.08. The van der Waals surface area contributed by atoms with Gasteiger partial charge in [-0.1, -0.05) is 248 Å². The lowest BCUT2D eigenvalue weighted by atomic mass is 10.0. The van der Waals surface area contributed by atoms with E-state index in [0.29, 0.717) is 25.7 Å². The van der Waals surface area contributed by atoms with E-state index in [1.807, 2.05) is 6.08 Å². The summed E-state index contributed by atoms with van der Waals surface area (Å²) in [5.41, 5.74) is 0. The normalized spacial score (nSPS) is 13.8. The molecule has 0 aliphatic carbocycles. The van der Waals surface area contributed by atoms with Gasteiger partial charge >= 0.3 is 25.7 Å². The first-order valence-electron chi connectivity index (χ1n) is 30.8. The van der Waals surface area contributed by atoms with Crippen molar-refractivity contribution in [3.8, 4) is 0 Å². The van der Waals surface area contributed by atoms with Crippen molar-refractivity contribution in [2.45, 2.75) is 290 Å². The molecule has 0 aliphatic rings. The summed E-state index contributed by atoms with van der Waals surface area (Å²) in [6.45, 7) is 4.49. The number of phosphoric acid groups is 1. The lowest BCUT2D eigenvalue weighted by molar-refractivity contribution is -0.161. The number of carbonyl (C=O) groups excluding carboxylic acids is 3. The van der Waals surface area contributed by atoms with Crippen molar-refractivity contribution in [1.82, 2.24) is 0 Å². The number of unbranched alkanes of at least 4 members (excludes halogenated alkanes) is 28. The molecular formula is C64H113O11P. The molecule has 0 saturated carbocycles. The van der Waals surface area contributed by atoms with Crippen LogP contribution >= 0.6 is 7.82 Å². The SMILES string of the molecule is CC/C=C\C/C=C\C/C=C\C/C=C\C/C=C\CCCC(=O)OCC(COP(=O)(O)OCC(CO)OC(=O)CCCCCCCCCCCCCCC)OC(=O)CCCCCCCCCCC/C=C\CCCCCCCC. The quantitative estimate of drug-likeness (QED) is 0.0197. The van der Waals surface area contributed by atoms with E-state index in [9.17, 15) is 28.9 Å². The molecule has 0 amide bonds. The number of hydrogen-bond acceptors (Lipinski definition) is 10. The Balaban J connectivity index is 4.78. The zero-order valence-electron chi connectivity index (χ0n) is 48.7. The summed E-state index contributed by atoms with van der Waals surface area (Å²) in [6.07, 6.45) is 65.8. The Kier molecular flexibility index (Phi) is 55.7. The van der Waals surface area contributed by atoms with Crippen molar-refractivity contribution < 1.29 is 52.2 Å². The van der Waals surface area contributed by atoms with Crippen LogP contribution in [0.4, 0.5) is 0 Å². The van der Waals surface area contributed by atoms with Gasteiger partial charge in [0.25, 0.3) is 0 Å². The average molecular weight is 1090 g/mol. The third-order valence-electron chi connectivity index (χ3n) is 13.1. The molecule has 76 heavy (non-hydrogen) atoms. The summed E-state index contributed by atoms with van der Waals surface area (Å²) < 4.78 is 39.6. The van der Waals surface area contributed by atoms with Crippen LogP contribution in [0.25, 0.3) is 0 Å². The first-order chi connectivity index (χ1) is 37.2. The molecule has 0 bridgehead atoms. The van der Waals surface area contributed by atoms with Gasteiger partial charge in [0.05, 0.1) is 19.8 Å². The predicted octanol–water partition coefficient (Wildman–Crippen LogP) is 18.5. The van der Waals surface area contributed by atoms with E-state index in [4.69, 9.17) is 23.3 Å². The Morgan fingerprint density at radius 2 is 0.697 bits per heavy atom. The number of aliphatic hydroxyl groups excluding tert-OH is 1. The molecule has 0 aliphatic heterocycles. The highest BCUT2D eigenvalue weighted by Gasteiger charge is 2.28. The third kappa shape index (κ3) is 55.7. The molecule has 3 atom stereocenters. The minimum Gasteiger partial charge on any atom is -0.462 e. The summed E-state index contributed by atoms with van der Waals surface area (Å²) in [4.78, 5) is 48.6. The van der Waals surface area contributed by atoms with E-state index in [0.717, 1.165) is 70.6 Å². The number of rotatable bonds is 57. The highest BCUT2D eigenvalue weighted by atomic mass is 31.2. The largest absolute Gasteiger partial charge is 0.472 e.